The van der Waals surface area contributed by atoms with E-state index in [0.717, 1.165) is 43.5 Å². The molecule has 3 nitrogen and oxygen atoms in total. The van der Waals surface area contributed by atoms with Crippen molar-refractivity contribution in [3.8, 4) is 0 Å². The Labute approximate surface area is 155 Å². The molecule has 1 heterocycles. The molecule has 0 aliphatic carbocycles. The van der Waals surface area contributed by atoms with E-state index in [1.807, 2.05) is 0 Å². The summed E-state index contributed by atoms with van der Waals surface area (Å²) in [5, 5.41) is 0. The van der Waals surface area contributed by atoms with E-state index >= 15 is 0 Å². The maximum absolute atomic E-state index is 5.17. The number of H-pyrrole nitrogens is 2. The van der Waals surface area contributed by atoms with Gasteiger partial charge in [-0.1, -0.05) is 42.8 Å². The number of aryl methyl sites for hydroxylation is 1. The molecule has 0 unspecified atom stereocenters. The van der Waals surface area contributed by atoms with Crippen molar-refractivity contribution in [2.75, 3.05) is 19.6 Å². The van der Waals surface area contributed by atoms with Crippen LogP contribution in [0.1, 0.15) is 30.0 Å². The van der Waals surface area contributed by atoms with Gasteiger partial charge >= 0.3 is 0 Å². The highest BCUT2D eigenvalue weighted by atomic mass is 32.1. The molecule has 1 aromatic heterocycles. The molecule has 0 saturated heterocycles. The molecule has 0 aliphatic rings. The topological polar surface area (TPSA) is 34.8 Å². The van der Waals surface area contributed by atoms with Gasteiger partial charge in [0.1, 0.15) is 0 Å². The van der Waals surface area contributed by atoms with E-state index in [0.29, 0.717) is 4.77 Å². The van der Waals surface area contributed by atoms with Crippen molar-refractivity contribution in [3.05, 3.63) is 63.9 Å². The quantitative estimate of drug-likeness (QED) is 0.557. The summed E-state index contributed by atoms with van der Waals surface area (Å²) in [6, 6.07) is 15.4. The minimum Gasteiger partial charge on any atom is -0.331 e. The van der Waals surface area contributed by atoms with Crippen molar-refractivity contribution in [1.82, 2.24) is 14.9 Å². The van der Waals surface area contributed by atoms with Crippen molar-refractivity contribution in [2.24, 2.45) is 0 Å². The van der Waals surface area contributed by atoms with E-state index in [-0.39, 0.29) is 0 Å². The summed E-state index contributed by atoms with van der Waals surface area (Å²) in [5.41, 5.74) is 6.32. The molecule has 0 atom stereocenters. The molecule has 3 rings (SSSR count). The van der Waals surface area contributed by atoms with E-state index in [1.165, 1.54) is 23.1 Å². The van der Waals surface area contributed by atoms with Gasteiger partial charge in [-0.3, -0.25) is 0 Å². The number of nitrogens with zero attached hydrogens (tertiary/aromatic N) is 1. The lowest BCUT2D eigenvalue weighted by molar-refractivity contribution is 0.281. The molecule has 0 spiro atoms. The first kappa shape index (κ1) is 17.9. The summed E-state index contributed by atoms with van der Waals surface area (Å²) in [5.74, 6) is 0. The Morgan fingerprint density at radius 1 is 0.880 bits per heavy atom. The summed E-state index contributed by atoms with van der Waals surface area (Å²) in [4.78, 5) is 8.95. The Bertz CT molecular complexity index is 878. The lowest BCUT2D eigenvalue weighted by atomic mass is 10.1. The van der Waals surface area contributed by atoms with Crippen molar-refractivity contribution in [1.29, 1.82) is 0 Å². The van der Waals surface area contributed by atoms with Crippen LogP contribution in [0.15, 0.2) is 42.5 Å². The Morgan fingerprint density at radius 2 is 1.60 bits per heavy atom. The van der Waals surface area contributed by atoms with Crippen LogP contribution in [-0.4, -0.2) is 34.5 Å². The van der Waals surface area contributed by atoms with Gasteiger partial charge in [0.15, 0.2) is 4.77 Å². The highest BCUT2D eigenvalue weighted by molar-refractivity contribution is 7.71. The fourth-order valence-corrected chi connectivity index (χ4v) is 3.55. The predicted octanol–water partition coefficient (Wildman–Crippen LogP) is 5.03. The second kappa shape index (κ2) is 8.45. The molecule has 0 bridgehead atoms. The second-order valence-corrected chi connectivity index (χ2v) is 7.20. The van der Waals surface area contributed by atoms with Gasteiger partial charge in [0.25, 0.3) is 0 Å². The number of hydrogen-bond donors (Lipinski definition) is 2. The second-order valence-electron chi connectivity index (χ2n) is 6.79. The Morgan fingerprint density at radius 3 is 2.32 bits per heavy atom. The van der Waals surface area contributed by atoms with Gasteiger partial charge in [-0.2, -0.15) is 0 Å². The molecular formula is C21H27N3S. The monoisotopic (exact) mass is 353 g/mol. The molecule has 0 saturated carbocycles. The zero-order chi connectivity index (χ0) is 17.6. The lowest BCUT2D eigenvalue weighted by Gasteiger charge is -2.22. The van der Waals surface area contributed by atoms with Crippen LogP contribution in [0, 0.1) is 11.7 Å². The molecule has 0 fully saturated rings. The third-order valence-corrected chi connectivity index (χ3v) is 4.84. The highest BCUT2D eigenvalue weighted by Gasteiger charge is 2.06. The first-order chi connectivity index (χ1) is 12.1. The SMILES string of the molecule is CCCN(CCc1cccc(C)c1)CCc1ccc2[nH]c(=S)[nH]c2c1. The van der Waals surface area contributed by atoms with E-state index in [2.05, 4.69) is 71.2 Å². The first-order valence-electron chi connectivity index (χ1n) is 9.13. The molecule has 2 N–H and O–H groups in total. The maximum atomic E-state index is 5.17. The average molecular weight is 354 g/mol. The number of aromatic amines is 2. The van der Waals surface area contributed by atoms with Gasteiger partial charge in [0, 0.05) is 13.1 Å². The van der Waals surface area contributed by atoms with Gasteiger partial charge in [0.2, 0.25) is 0 Å². The van der Waals surface area contributed by atoms with Crippen molar-refractivity contribution in [2.45, 2.75) is 33.1 Å². The van der Waals surface area contributed by atoms with Crippen LogP contribution >= 0.6 is 12.2 Å². The molecule has 2 aromatic carbocycles. The number of nitrogens with one attached hydrogen (secondary N) is 2. The Kier molecular flexibility index (Phi) is 6.05. The van der Waals surface area contributed by atoms with Gasteiger partial charge in [0.05, 0.1) is 11.0 Å². The third-order valence-electron chi connectivity index (χ3n) is 4.64. The first-order valence-corrected chi connectivity index (χ1v) is 9.53. The van der Waals surface area contributed by atoms with Crippen molar-refractivity contribution < 1.29 is 0 Å². The molecule has 3 aromatic rings. The number of hydrogen-bond acceptors (Lipinski definition) is 2. The van der Waals surface area contributed by atoms with E-state index in [9.17, 15) is 0 Å². The number of fused-ring (bicyclic) bond motifs is 1. The minimum atomic E-state index is 0.693. The molecule has 132 valence electrons. The predicted molar refractivity (Wildman–Crippen MR) is 109 cm³/mol. The van der Waals surface area contributed by atoms with Gasteiger partial charge in [-0.05, 0) is 68.2 Å². The molecular weight excluding hydrogens is 326 g/mol. The zero-order valence-electron chi connectivity index (χ0n) is 15.1. The summed E-state index contributed by atoms with van der Waals surface area (Å²) < 4.78 is 0.693. The molecule has 0 radical (unpaired) electrons. The minimum absolute atomic E-state index is 0.693. The number of imidazole rings is 1. The summed E-state index contributed by atoms with van der Waals surface area (Å²) >= 11 is 5.17. The van der Waals surface area contributed by atoms with E-state index < -0.39 is 0 Å². The number of aromatic nitrogens is 2. The van der Waals surface area contributed by atoms with Crippen LogP contribution in [-0.2, 0) is 12.8 Å². The van der Waals surface area contributed by atoms with Crippen LogP contribution < -0.4 is 0 Å². The number of benzene rings is 2. The summed E-state index contributed by atoms with van der Waals surface area (Å²) in [7, 11) is 0. The summed E-state index contributed by atoms with van der Waals surface area (Å²) in [6.45, 7) is 7.78. The van der Waals surface area contributed by atoms with Crippen LogP contribution in [0.2, 0.25) is 0 Å². The zero-order valence-corrected chi connectivity index (χ0v) is 16.0. The lowest BCUT2D eigenvalue weighted by Crippen LogP contribution is -2.29. The van der Waals surface area contributed by atoms with Crippen LogP contribution in [0.4, 0.5) is 0 Å². The molecule has 25 heavy (non-hydrogen) atoms. The Balaban J connectivity index is 1.59. The molecule has 0 aliphatic heterocycles. The standard InChI is InChI=1S/C21H27N3S/c1-3-11-24(12-9-17-6-4-5-16(2)14-17)13-10-18-7-8-19-20(15-18)23-21(25)22-19/h4-8,14-15H,3,9-13H2,1-2H3,(H2,22,23,25). The maximum Gasteiger partial charge on any atom is 0.175 e. The highest BCUT2D eigenvalue weighted by Crippen LogP contribution is 2.14. The van der Waals surface area contributed by atoms with E-state index in [1.54, 1.807) is 0 Å². The van der Waals surface area contributed by atoms with Crippen LogP contribution in [0.25, 0.3) is 11.0 Å². The van der Waals surface area contributed by atoms with Gasteiger partial charge in [-0.15, -0.1) is 0 Å². The van der Waals surface area contributed by atoms with Crippen LogP contribution in [0.3, 0.4) is 0 Å². The fraction of sp³-hybridized carbons (Fsp3) is 0.381. The largest absolute Gasteiger partial charge is 0.331 e. The van der Waals surface area contributed by atoms with Crippen molar-refractivity contribution in [3.63, 3.8) is 0 Å². The van der Waals surface area contributed by atoms with Gasteiger partial charge < -0.3 is 14.9 Å². The number of rotatable bonds is 8. The normalized spacial score (nSPS) is 11.5. The average Bonchev–Trinajstić information content (AvgIpc) is 2.96. The molecule has 0 amide bonds. The van der Waals surface area contributed by atoms with Crippen molar-refractivity contribution >= 4 is 23.3 Å². The fourth-order valence-electron chi connectivity index (χ4n) is 3.33. The third kappa shape index (κ3) is 5.03. The smallest absolute Gasteiger partial charge is 0.175 e. The van der Waals surface area contributed by atoms with Gasteiger partial charge in [-0.25, -0.2) is 0 Å². The van der Waals surface area contributed by atoms with Crippen LogP contribution in [0.5, 0.6) is 0 Å². The molecule has 4 heteroatoms. The van der Waals surface area contributed by atoms with E-state index in [4.69, 9.17) is 12.2 Å². The summed E-state index contributed by atoms with van der Waals surface area (Å²) in [6.07, 6.45) is 3.37. The Hall–Kier alpha value is -1.91.